The molecule has 0 aliphatic carbocycles. The quantitative estimate of drug-likeness (QED) is 0.612. The molecule has 0 unspecified atom stereocenters. The first-order valence-corrected chi connectivity index (χ1v) is 9.13. The van der Waals surface area contributed by atoms with Crippen LogP contribution in [0.2, 0.25) is 0 Å². The van der Waals surface area contributed by atoms with Crippen molar-refractivity contribution in [3.8, 4) is 0 Å². The Morgan fingerprint density at radius 3 is 2.62 bits per heavy atom. The Balaban J connectivity index is 1.52. The first kappa shape index (κ1) is 16.6. The van der Waals surface area contributed by atoms with Crippen molar-refractivity contribution in [3.63, 3.8) is 0 Å². The summed E-state index contributed by atoms with van der Waals surface area (Å²) in [6.45, 7) is 0.313. The van der Waals surface area contributed by atoms with Crippen molar-refractivity contribution in [2.24, 2.45) is 0 Å². The lowest BCUT2D eigenvalue weighted by molar-refractivity contribution is -0.139. The number of fused-ring (bicyclic) bond motifs is 1. The van der Waals surface area contributed by atoms with Gasteiger partial charge in [0.25, 0.3) is 0 Å². The number of aliphatic hydroxyl groups is 1. The number of aliphatic hydroxyl groups excluding tert-OH is 1. The molecule has 0 spiro atoms. The van der Waals surface area contributed by atoms with Crippen LogP contribution in [0, 0.1) is 0 Å². The maximum atomic E-state index is 11.8. The summed E-state index contributed by atoms with van der Waals surface area (Å²) >= 11 is 3.05. The third-order valence-corrected chi connectivity index (χ3v) is 5.39. The number of carbonyl (C=O) groups is 2. The normalized spacial score (nSPS) is 12.0. The number of amides is 2. The zero-order valence-corrected chi connectivity index (χ0v) is 14.3. The van der Waals surface area contributed by atoms with Crippen molar-refractivity contribution in [3.05, 3.63) is 57.6 Å². The highest BCUT2D eigenvalue weighted by Crippen LogP contribution is 2.29. The Hall–Kier alpha value is -2.22. The third kappa shape index (κ3) is 3.81. The van der Waals surface area contributed by atoms with Crippen LogP contribution < -0.4 is 10.6 Å². The minimum atomic E-state index is -0.852. The molecule has 0 bridgehead atoms. The molecule has 5 nitrogen and oxygen atoms in total. The fourth-order valence-corrected chi connectivity index (χ4v) is 3.95. The van der Waals surface area contributed by atoms with Crippen molar-refractivity contribution in [1.29, 1.82) is 0 Å². The molecule has 0 saturated carbocycles. The van der Waals surface area contributed by atoms with Crippen LogP contribution in [0.5, 0.6) is 0 Å². The molecule has 3 N–H and O–H groups in total. The Labute approximate surface area is 146 Å². The van der Waals surface area contributed by atoms with Crippen molar-refractivity contribution < 1.29 is 14.7 Å². The molecular weight excluding hydrogens is 344 g/mol. The van der Waals surface area contributed by atoms with E-state index in [-0.39, 0.29) is 6.54 Å². The van der Waals surface area contributed by atoms with Gasteiger partial charge >= 0.3 is 11.8 Å². The summed E-state index contributed by atoms with van der Waals surface area (Å²) < 4.78 is 1.08. The highest BCUT2D eigenvalue weighted by molar-refractivity contribution is 7.17. The first-order chi connectivity index (χ1) is 11.6. The fourth-order valence-electron chi connectivity index (χ4n) is 2.30. The lowest BCUT2D eigenvalue weighted by Crippen LogP contribution is -2.41. The van der Waals surface area contributed by atoms with Crippen molar-refractivity contribution in [1.82, 2.24) is 10.6 Å². The summed E-state index contributed by atoms with van der Waals surface area (Å²) in [4.78, 5) is 24.5. The molecule has 124 valence electrons. The van der Waals surface area contributed by atoms with Gasteiger partial charge in [0.05, 0.1) is 12.6 Å². The minimum absolute atomic E-state index is 0.00795. The highest BCUT2D eigenvalue weighted by Gasteiger charge is 2.17. The van der Waals surface area contributed by atoms with Crippen molar-refractivity contribution in [2.75, 3.05) is 6.54 Å². The van der Waals surface area contributed by atoms with Crippen molar-refractivity contribution >= 4 is 44.6 Å². The maximum absolute atomic E-state index is 11.8. The Morgan fingerprint density at radius 1 is 1.04 bits per heavy atom. The van der Waals surface area contributed by atoms with E-state index in [0.717, 1.165) is 20.5 Å². The van der Waals surface area contributed by atoms with E-state index >= 15 is 0 Å². The molecule has 0 aliphatic rings. The second-order valence-corrected chi connectivity index (χ2v) is 7.12. The van der Waals surface area contributed by atoms with E-state index in [1.165, 1.54) is 22.7 Å². The van der Waals surface area contributed by atoms with E-state index in [4.69, 9.17) is 0 Å². The average Bonchev–Trinajstić information content (AvgIpc) is 3.26. The molecule has 7 heteroatoms. The summed E-state index contributed by atoms with van der Waals surface area (Å²) in [7, 11) is 0. The van der Waals surface area contributed by atoms with Crippen LogP contribution in [0.3, 0.4) is 0 Å². The van der Waals surface area contributed by atoms with E-state index in [1.807, 2.05) is 47.2 Å². The van der Waals surface area contributed by atoms with E-state index in [9.17, 15) is 14.7 Å². The molecule has 1 aromatic carbocycles. The zero-order chi connectivity index (χ0) is 16.9. The average molecular weight is 360 g/mol. The summed E-state index contributed by atoms with van der Waals surface area (Å²) in [5.74, 6) is -1.45. The van der Waals surface area contributed by atoms with Crippen LogP contribution in [0.4, 0.5) is 0 Å². The predicted octanol–water partition coefficient (Wildman–Crippen LogP) is 2.43. The molecule has 2 heterocycles. The summed E-state index contributed by atoms with van der Waals surface area (Å²) in [5, 5.41) is 20.0. The molecule has 0 aliphatic heterocycles. The third-order valence-electron chi connectivity index (χ3n) is 3.54. The van der Waals surface area contributed by atoms with Gasteiger partial charge in [-0.2, -0.15) is 0 Å². The van der Waals surface area contributed by atoms with E-state index in [0.29, 0.717) is 6.54 Å². The fraction of sp³-hybridized carbons (Fsp3) is 0.176. The highest BCUT2D eigenvalue weighted by atomic mass is 32.1. The number of benzene rings is 1. The number of hydrogen-bond donors (Lipinski definition) is 3. The van der Waals surface area contributed by atoms with Gasteiger partial charge in [0.1, 0.15) is 0 Å². The van der Waals surface area contributed by atoms with Gasteiger partial charge in [0.2, 0.25) is 0 Å². The summed E-state index contributed by atoms with van der Waals surface area (Å²) in [5.41, 5.74) is 0.759. The number of hydrogen-bond acceptors (Lipinski definition) is 5. The second-order valence-electron chi connectivity index (χ2n) is 5.18. The van der Waals surface area contributed by atoms with Crippen molar-refractivity contribution in [2.45, 2.75) is 12.6 Å². The molecule has 2 amide bonds. The smallest absolute Gasteiger partial charge is 0.309 e. The molecular formula is C17H16N2O3S2. The van der Waals surface area contributed by atoms with Gasteiger partial charge in [-0.1, -0.05) is 24.3 Å². The molecule has 24 heavy (non-hydrogen) atoms. The second kappa shape index (κ2) is 7.57. The van der Waals surface area contributed by atoms with Crippen LogP contribution in [0.25, 0.3) is 10.1 Å². The van der Waals surface area contributed by atoms with Crippen LogP contribution in [-0.2, 0) is 16.1 Å². The first-order valence-electron chi connectivity index (χ1n) is 7.38. The number of nitrogens with one attached hydrogen (secondary N) is 2. The summed E-state index contributed by atoms with van der Waals surface area (Å²) in [6, 6.07) is 11.5. The Bertz CT molecular complexity index is 843. The van der Waals surface area contributed by atoms with Crippen LogP contribution in [-0.4, -0.2) is 23.5 Å². The molecule has 1 atom stereocenters. The van der Waals surface area contributed by atoms with Gasteiger partial charge in [-0.15, -0.1) is 22.7 Å². The van der Waals surface area contributed by atoms with Gasteiger partial charge in [-0.05, 0) is 28.3 Å². The molecule has 3 rings (SSSR count). The van der Waals surface area contributed by atoms with Crippen LogP contribution >= 0.6 is 22.7 Å². The Kier molecular flexibility index (Phi) is 5.24. The van der Waals surface area contributed by atoms with Gasteiger partial charge in [0, 0.05) is 21.7 Å². The van der Waals surface area contributed by atoms with E-state index in [2.05, 4.69) is 10.6 Å². The van der Waals surface area contributed by atoms with Gasteiger partial charge in [-0.3, -0.25) is 9.59 Å². The zero-order valence-electron chi connectivity index (χ0n) is 12.7. The summed E-state index contributed by atoms with van der Waals surface area (Å²) in [6.07, 6.45) is -0.852. The maximum Gasteiger partial charge on any atom is 0.309 e. The van der Waals surface area contributed by atoms with Gasteiger partial charge in [0.15, 0.2) is 0 Å². The lowest BCUT2D eigenvalue weighted by Gasteiger charge is -2.11. The van der Waals surface area contributed by atoms with E-state index < -0.39 is 17.9 Å². The van der Waals surface area contributed by atoms with Crippen LogP contribution in [0.15, 0.2) is 47.2 Å². The minimum Gasteiger partial charge on any atom is -0.387 e. The molecule has 3 aromatic rings. The van der Waals surface area contributed by atoms with E-state index in [1.54, 1.807) is 0 Å². The van der Waals surface area contributed by atoms with Gasteiger partial charge in [-0.25, -0.2) is 0 Å². The number of carbonyl (C=O) groups excluding carboxylic acids is 2. The number of rotatable bonds is 5. The molecule has 0 radical (unpaired) electrons. The molecule has 0 saturated heterocycles. The van der Waals surface area contributed by atoms with Crippen LogP contribution in [0.1, 0.15) is 16.5 Å². The monoisotopic (exact) mass is 360 g/mol. The largest absolute Gasteiger partial charge is 0.387 e. The topological polar surface area (TPSA) is 78.4 Å². The van der Waals surface area contributed by atoms with Gasteiger partial charge < -0.3 is 15.7 Å². The Morgan fingerprint density at radius 2 is 1.83 bits per heavy atom. The molecule has 2 aromatic heterocycles. The standard InChI is InChI=1S/C17H16N2O3S2/c20-14(13-10-24-15-6-2-1-5-12(13)15)9-19-17(22)16(21)18-8-11-4-3-7-23-11/h1-7,10,14,20H,8-9H2,(H,18,21)(H,19,22)/t14-/m0/s1. The SMILES string of the molecule is O=C(NCc1cccs1)C(=O)NC[C@H](O)c1csc2ccccc12. The lowest BCUT2D eigenvalue weighted by atomic mass is 10.1. The predicted molar refractivity (Wildman–Crippen MR) is 96.0 cm³/mol. The molecule has 0 fully saturated rings. The number of thiophene rings is 2.